The smallest absolute Gasteiger partial charge is 0.321 e. The molecule has 0 radical (unpaired) electrons. The summed E-state index contributed by atoms with van der Waals surface area (Å²) in [7, 11) is 0. The van der Waals surface area contributed by atoms with Gasteiger partial charge in [0.15, 0.2) is 5.13 Å². The maximum Gasteiger partial charge on any atom is 0.321 e. The lowest BCUT2D eigenvalue weighted by molar-refractivity contribution is 0.183. The second kappa shape index (κ2) is 7.19. The molecule has 1 aromatic rings. The molecule has 3 rings (SSSR count). The average molecular weight is 366 g/mol. The van der Waals surface area contributed by atoms with Crippen LogP contribution in [0.5, 0.6) is 0 Å². The second-order valence-corrected chi connectivity index (χ2v) is 8.90. The minimum Gasteiger partial charge on any atom is -0.335 e. The van der Waals surface area contributed by atoms with Crippen molar-refractivity contribution in [2.75, 3.05) is 11.9 Å². The number of hydrogen-bond donors (Lipinski definition) is 3. The van der Waals surface area contributed by atoms with E-state index in [4.69, 9.17) is 0 Å². The van der Waals surface area contributed by atoms with Crippen molar-refractivity contribution in [3.8, 4) is 0 Å². The number of carbonyl (C=O) groups excluding carboxylic acids is 2. The largest absolute Gasteiger partial charge is 0.335 e. The molecule has 7 nitrogen and oxygen atoms in total. The molecule has 1 aromatic heterocycles. The van der Waals surface area contributed by atoms with Crippen LogP contribution in [-0.2, 0) is 13.0 Å². The lowest BCUT2D eigenvalue weighted by atomic mass is 10.1. The highest BCUT2D eigenvalue weighted by Gasteiger charge is 2.27. The van der Waals surface area contributed by atoms with E-state index >= 15 is 0 Å². The van der Waals surface area contributed by atoms with E-state index in [1.54, 1.807) is 4.90 Å². The molecule has 4 amide bonds. The molecule has 8 heteroatoms. The Labute approximate surface area is 152 Å². The second-order valence-electron chi connectivity index (χ2n) is 7.82. The Morgan fingerprint density at radius 1 is 1.24 bits per heavy atom. The van der Waals surface area contributed by atoms with Gasteiger partial charge in [0, 0.05) is 29.4 Å². The lowest BCUT2D eigenvalue weighted by Gasteiger charge is -2.30. The molecule has 0 atom stereocenters. The molecule has 25 heavy (non-hydrogen) atoms. The van der Waals surface area contributed by atoms with Gasteiger partial charge in [-0.3, -0.25) is 5.32 Å². The molecule has 1 saturated carbocycles. The topological polar surface area (TPSA) is 86.4 Å². The van der Waals surface area contributed by atoms with Crippen molar-refractivity contribution in [2.24, 2.45) is 0 Å². The summed E-state index contributed by atoms with van der Waals surface area (Å²) in [5.74, 6) is 0. The summed E-state index contributed by atoms with van der Waals surface area (Å²) in [5.41, 5.74) is 0.733. The van der Waals surface area contributed by atoms with Crippen molar-refractivity contribution in [3.05, 3.63) is 10.6 Å². The quantitative estimate of drug-likeness (QED) is 0.753. The van der Waals surface area contributed by atoms with Gasteiger partial charge in [-0.05, 0) is 33.6 Å². The van der Waals surface area contributed by atoms with Crippen LogP contribution in [0.3, 0.4) is 0 Å². The Hall–Kier alpha value is -1.83. The summed E-state index contributed by atoms with van der Waals surface area (Å²) >= 11 is 1.46. The highest BCUT2D eigenvalue weighted by atomic mass is 32.1. The molecular formula is C17H27N5O2S. The zero-order valence-corrected chi connectivity index (χ0v) is 16.0. The lowest BCUT2D eigenvalue weighted by Crippen LogP contribution is -2.49. The fourth-order valence-electron chi connectivity index (χ4n) is 3.21. The third kappa shape index (κ3) is 4.84. The van der Waals surface area contributed by atoms with Gasteiger partial charge in [0.25, 0.3) is 0 Å². The number of carbonyl (C=O) groups is 2. The number of rotatable bonds is 2. The summed E-state index contributed by atoms with van der Waals surface area (Å²) in [4.78, 5) is 31.8. The molecule has 0 spiro atoms. The summed E-state index contributed by atoms with van der Waals surface area (Å²) in [6.07, 6.45) is 5.19. The molecule has 1 aliphatic carbocycles. The average Bonchev–Trinajstić information content (AvgIpc) is 3.13. The molecule has 0 aromatic carbocycles. The predicted molar refractivity (Wildman–Crippen MR) is 98.9 cm³/mol. The number of anilines is 1. The normalized spacial score (nSPS) is 18.0. The van der Waals surface area contributed by atoms with Gasteiger partial charge in [-0.1, -0.05) is 24.2 Å². The number of aromatic nitrogens is 1. The fraction of sp³-hybridized carbons (Fsp3) is 0.706. The molecule has 1 aliphatic heterocycles. The maximum absolute atomic E-state index is 12.3. The van der Waals surface area contributed by atoms with Crippen molar-refractivity contribution < 1.29 is 9.59 Å². The molecule has 2 heterocycles. The zero-order valence-electron chi connectivity index (χ0n) is 15.1. The van der Waals surface area contributed by atoms with Crippen molar-refractivity contribution >= 4 is 28.5 Å². The van der Waals surface area contributed by atoms with E-state index in [9.17, 15) is 9.59 Å². The van der Waals surface area contributed by atoms with Gasteiger partial charge in [0.1, 0.15) is 0 Å². The minimum absolute atomic E-state index is 0.0555. The van der Waals surface area contributed by atoms with Gasteiger partial charge in [-0.25, -0.2) is 14.6 Å². The number of hydrogen-bond acceptors (Lipinski definition) is 4. The van der Waals surface area contributed by atoms with Crippen molar-refractivity contribution in [2.45, 2.75) is 71.0 Å². The molecule has 0 bridgehead atoms. The fourth-order valence-corrected chi connectivity index (χ4v) is 4.23. The molecular weight excluding hydrogens is 338 g/mol. The van der Waals surface area contributed by atoms with Crippen LogP contribution in [0.4, 0.5) is 14.7 Å². The number of fused-ring (bicyclic) bond motifs is 1. The zero-order chi connectivity index (χ0) is 18.0. The summed E-state index contributed by atoms with van der Waals surface area (Å²) in [6.45, 7) is 7.10. The summed E-state index contributed by atoms with van der Waals surface area (Å²) < 4.78 is 0. The summed E-state index contributed by atoms with van der Waals surface area (Å²) in [5, 5.41) is 9.45. The van der Waals surface area contributed by atoms with Crippen molar-refractivity contribution in [1.29, 1.82) is 0 Å². The van der Waals surface area contributed by atoms with Gasteiger partial charge >= 0.3 is 12.1 Å². The van der Waals surface area contributed by atoms with Crippen molar-refractivity contribution in [1.82, 2.24) is 20.5 Å². The van der Waals surface area contributed by atoms with Crippen LogP contribution in [0.15, 0.2) is 0 Å². The van der Waals surface area contributed by atoms with Crippen LogP contribution in [-0.4, -0.2) is 40.1 Å². The molecule has 138 valence electrons. The molecule has 0 saturated heterocycles. The first kappa shape index (κ1) is 18.0. The van der Waals surface area contributed by atoms with E-state index in [0.29, 0.717) is 18.2 Å². The number of nitrogens with zero attached hydrogens (tertiary/aromatic N) is 2. The molecule has 2 aliphatic rings. The van der Waals surface area contributed by atoms with Gasteiger partial charge < -0.3 is 15.5 Å². The van der Waals surface area contributed by atoms with E-state index in [0.717, 1.165) is 29.8 Å². The highest BCUT2D eigenvalue weighted by molar-refractivity contribution is 7.15. The van der Waals surface area contributed by atoms with E-state index in [2.05, 4.69) is 20.9 Å². The van der Waals surface area contributed by atoms with Crippen LogP contribution in [0.1, 0.15) is 57.0 Å². The maximum atomic E-state index is 12.3. The molecule has 0 unspecified atom stereocenters. The first-order valence-corrected chi connectivity index (χ1v) is 9.75. The standard InChI is InChI=1S/C17H27N5O2S/c1-17(2,3)21-16(24)22-9-8-12-13(10-22)25-15(19-12)20-14(23)18-11-6-4-5-7-11/h11H,4-10H2,1-3H3,(H,21,24)(H2,18,19,20,23). The summed E-state index contributed by atoms with van der Waals surface area (Å²) in [6, 6.07) is 0.0477. The highest BCUT2D eigenvalue weighted by Crippen LogP contribution is 2.28. The van der Waals surface area contributed by atoms with Crippen LogP contribution in [0, 0.1) is 0 Å². The van der Waals surface area contributed by atoms with Crippen LogP contribution in [0.2, 0.25) is 0 Å². The minimum atomic E-state index is -0.254. The van der Waals surface area contributed by atoms with Crippen LogP contribution >= 0.6 is 11.3 Å². The Balaban J connectivity index is 1.57. The third-order valence-electron chi connectivity index (χ3n) is 4.41. The van der Waals surface area contributed by atoms with Crippen LogP contribution < -0.4 is 16.0 Å². The molecule has 1 fully saturated rings. The molecule has 3 N–H and O–H groups in total. The Kier molecular flexibility index (Phi) is 5.17. The van der Waals surface area contributed by atoms with E-state index < -0.39 is 0 Å². The van der Waals surface area contributed by atoms with Crippen molar-refractivity contribution in [3.63, 3.8) is 0 Å². The van der Waals surface area contributed by atoms with Gasteiger partial charge in [0.2, 0.25) is 0 Å². The van der Waals surface area contributed by atoms with E-state index in [1.807, 2.05) is 20.8 Å². The third-order valence-corrected chi connectivity index (χ3v) is 5.41. The number of urea groups is 2. The number of nitrogens with one attached hydrogen (secondary N) is 3. The predicted octanol–water partition coefficient (Wildman–Crippen LogP) is 3.07. The van der Waals surface area contributed by atoms with Gasteiger partial charge in [-0.2, -0.15) is 0 Å². The Morgan fingerprint density at radius 3 is 2.64 bits per heavy atom. The number of thiazole rings is 1. The first-order chi connectivity index (χ1) is 11.8. The monoisotopic (exact) mass is 365 g/mol. The Morgan fingerprint density at radius 2 is 1.96 bits per heavy atom. The SMILES string of the molecule is CC(C)(C)NC(=O)N1CCc2nc(NC(=O)NC3CCCC3)sc2C1. The number of amides is 4. The van der Waals surface area contributed by atoms with Gasteiger partial charge in [0.05, 0.1) is 12.2 Å². The van der Waals surface area contributed by atoms with E-state index in [-0.39, 0.29) is 23.6 Å². The van der Waals surface area contributed by atoms with Gasteiger partial charge in [-0.15, -0.1) is 0 Å². The Bertz CT molecular complexity index is 646. The first-order valence-electron chi connectivity index (χ1n) is 8.93. The van der Waals surface area contributed by atoms with E-state index in [1.165, 1.54) is 24.2 Å². The van der Waals surface area contributed by atoms with Crippen LogP contribution in [0.25, 0.3) is 0 Å².